The van der Waals surface area contributed by atoms with E-state index in [1.807, 2.05) is 12.1 Å². The van der Waals surface area contributed by atoms with Crippen LogP contribution in [0, 0.1) is 11.6 Å². The number of nitrogens with zero attached hydrogens (tertiary/aromatic N) is 1. The predicted octanol–water partition coefficient (Wildman–Crippen LogP) is 4.60. The number of fused-ring (bicyclic) bond motifs is 3. The van der Waals surface area contributed by atoms with Crippen LogP contribution >= 0.6 is 0 Å². The molecule has 0 saturated heterocycles. The molecule has 0 atom stereocenters. The van der Waals surface area contributed by atoms with Gasteiger partial charge in [-0.05, 0) is 55.5 Å². The fourth-order valence-corrected chi connectivity index (χ4v) is 3.74. The molecule has 1 aliphatic rings. The van der Waals surface area contributed by atoms with Crippen molar-refractivity contribution < 1.29 is 13.6 Å². The fraction of sp³-hybridized carbons (Fsp3) is 0.286. The van der Waals surface area contributed by atoms with Gasteiger partial charge in [0.15, 0.2) is 0 Å². The molecule has 0 unspecified atom stereocenters. The molecular formula is C21H20F2N2O. The standard InChI is InChI=1S/C21H20F2N2O/c1-25(12-14-6-8-15(22)11-18(14)23)21(26)13-7-9-20-17(10-13)16-4-2-3-5-19(16)24-20/h6-11,24H,2-5,12H2,1H3. The van der Waals surface area contributed by atoms with Crippen LogP contribution in [0.25, 0.3) is 10.9 Å². The van der Waals surface area contributed by atoms with Gasteiger partial charge in [-0.15, -0.1) is 0 Å². The van der Waals surface area contributed by atoms with Crippen molar-refractivity contribution in [3.05, 3.63) is 70.4 Å². The number of rotatable bonds is 3. The normalized spacial score (nSPS) is 13.7. The Bertz CT molecular complexity index is 993. The molecule has 1 aromatic heterocycles. The second-order valence-corrected chi connectivity index (χ2v) is 6.95. The van der Waals surface area contributed by atoms with E-state index in [2.05, 4.69) is 4.98 Å². The van der Waals surface area contributed by atoms with Crippen LogP contribution in [-0.2, 0) is 19.4 Å². The first-order valence-electron chi connectivity index (χ1n) is 8.86. The Morgan fingerprint density at radius 1 is 1.12 bits per heavy atom. The summed E-state index contributed by atoms with van der Waals surface area (Å²) in [4.78, 5) is 17.7. The number of amides is 1. The maximum atomic E-state index is 13.8. The van der Waals surface area contributed by atoms with Gasteiger partial charge in [0.05, 0.1) is 0 Å². The third-order valence-corrected chi connectivity index (χ3v) is 5.11. The van der Waals surface area contributed by atoms with E-state index in [4.69, 9.17) is 0 Å². The van der Waals surface area contributed by atoms with E-state index >= 15 is 0 Å². The molecule has 1 heterocycles. The van der Waals surface area contributed by atoms with Crippen LogP contribution < -0.4 is 0 Å². The van der Waals surface area contributed by atoms with Gasteiger partial charge in [0, 0.05) is 47.4 Å². The molecule has 1 aliphatic carbocycles. The van der Waals surface area contributed by atoms with Crippen molar-refractivity contribution in [3.8, 4) is 0 Å². The van der Waals surface area contributed by atoms with Crippen LogP contribution in [0.5, 0.6) is 0 Å². The lowest BCUT2D eigenvalue weighted by Crippen LogP contribution is -2.26. The highest BCUT2D eigenvalue weighted by Crippen LogP contribution is 2.30. The predicted molar refractivity (Wildman–Crippen MR) is 97.1 cm³/mol. The average molecular weight is 354 g/mol. The molecule has 0 radical (unpaired) electrons. The molecular weight excluding hydrogens is 334 g/mol. The number of benzene rings is 2. The second-order valence-electron chi connectivity index (χ2n) is 6.95. The number of aromatic nitrogens is 1. The first-order valence-corrected chi connectivity index (χ1v) is 8.86. The second kappa shape index (κ2) is 6.56. The number of aromatic amines is 1. The minimum absolute atomic E-state index is 0.0915. The molecule has 134 valence electrons. The van der Waals surface area contributed by atoms with Crippen molar-refractivity contribution in [2.75, 3.05) is 7.05 Å². The Hall–Kier alpha value is -2.69. The minimum atomic E-state index is -0.639. The molecule has 5 heteroatoms. The maximum absolute atomic E-state index is 13.8. The van der Waals surface area contributed by atoms with Crippen molar-refractivity contribution in [2.24, 2.45) is 0 Å². The van der Waals surface area contributed by atoms with E-state index < -0.39 is 11.6 Å². The topological polar surface area (TPSA) is 36.1 Å². The summed E-state index contributed by atoms with van der Waals surface area (Å²) in [5.41, 5.74) is 4.52. The lowest BCUT2D eigenvalue weighted by Gasteiger charge is -2.18. The minimum Gasteiger partial charge on any atom is -0.358 e. The number of hydrogen-bond donors (Lipinski definition) is 1. The van der Waals surface area contributed by atoms with Crippen LogP contribution in [0.2, 0.25) is 0 Å². The van der Waals surface area contributed by atoms with Crippen molar-refractivity contribution in [2.45, 2.75) is 32.2 Å². The lowest BCUT2D eigenvalue weighted by molar-refractivity contribution is 0.0784. The summed E-state index contributed by atoms with van der Waals surface area (Å²) in [5, 5.41) is 1.10. The molecule has 0 bridgehead atoms. The van der Waals surface area contributed by atoms with Crippen molar-refractivity contribution in [1.82, 2.24) is 9.88 Å². The highest BCUT2D eigenvalue weighted by Gasteiger charge is 2.19. The number of hydrogen-bond acceptors (Lipinski definition) is 1. The molecule has 3 aromatic rings. The molecule has 2 aromatic carbocycles. The van der Waals surface area contributed by atoms with Crippen molar-refractivity contribution in [1.29, 1.82) is 0 Å². The third-order valence-electron chi connectivity index (χ3n) is 5.11. The number of H-pyrrole nitrogens is 1. The van der Waals surface area contributed by atoms with Gasteiger partial charge in [0.2, 0.25) is 0 Å². The first-order chi connectivity index (χ1) is 12.5. The summed E-state index contributed by atoms with van der Waals surface area (Å²) in [6, 6.07) is 9.08. The fourth-order valence-electron chi connectivity index (χ4n) is 3.74. The van der Waals surface area contributed by atoms with Crippen LogP contribution in [0.3, 0.4) is 0 Å². The van der Waals surface area contributed by atoms with E-state index in [0.717, 1.165) is 29.8 Å². The van der Waals surface area contributed by atoms with E-state index in [0.29, 0.717) is 11.1 Å². The van der Waals surface area contributed by atoms with Gasteiger partial charge in [-0.3, -0.25) is 4.79 Å². The number of carbonyl (C=O) groups is 1. The van der Waals surface area contributed by atoms with E-state index in [1.54, 1.807) is 13.1 Å². The molecule has 3 nitrogen and oxygen atoms in total. The van der Waals surface area contributed by atoms with Gasteiger partial charge in [-0.2, -0.15) is 0 Å². The molecule has 0 aliphatic heterocycles. The Balaban J connectivity index is 1.60. The van der Waals surface area contributed by atoms with Crippen LogP contribution in [-0.4, -0.2) is 22.8 Å². The maximum Gasteiger partial charge on any atom is 0.253 e. The lowest BCUT2D eigenvalue weighted by atomic mass is 9.95. The highest BCUT2D eigenvalue weighted by atomic mass is 19.1. The molecule has 0 fully saturated rings. The molecule has 0 saturated carbocycles. The first kappa shape index (κ1) is 16.8. The van der Waals surface area contributed by atoms with Crippen molar-refractivity contribution >= 4 is 16.8 Å². The summed E-state index contributed by atoms with van der Waals surface area (Å²) in [7, 11) is 1.63. The van der Waals surface area contributed by atoms with E-state index in [9.17, 15) is 13.6 Å². The highest BCUT2D eigenvalue weighted by molar-refractivity contribution is 5.99. The molecule has 26 heavy (non-hydrogen) atoms. The van der Waals surface area contributed by atoms with E-state index in [1.165, 1.54) is 41.1 Å². The van der Waals surface area contributed by atoms with E-state index in [-0.39, 0.29) is 12.5 Å². The smallest absolute Gasteiger partial charge is 0.253 e. The van der Waals surface area contributed by atoms with Gasteiger partial charge in [-0.25, -0.2) is 8.78 Å². The molecule has 1 N–H and O–H groups in total. The zero-order valence-electron chi connectivity index (χ0n) is 14.6. The zero-order chi connectivity index (χ0) is 18.3. The summed E-state index contributed by atoms with van der Waals surface area (Å²) < 4.78 is 26.9. The summed E-state index contributed by atoms with van der Waals surface area (Å²) in [6.07, 6.45) is 4.44. The summed E-state index contributed by atoms with van der Waals surface area (Å²) in [6.45, 7) is 0.0915. The molecule has 1 amide bonds. The van der Waals surface area contributed by atoms with Gasteiger partial charge >= 0.3 is 0 Å². The quantitative estimate of drug-likeness (QED) is 0.733. The Morgan fingerprint density at radius 3 is 2.73 bits per heavy atom. The number of carbonyl (C=O) groups excluding carboxylic acids is 1. The Kier molecular flexibility index (Phi) is 4.23. The monoisotopic (exact) mass is 354 g/mol. The molecule has 0 spiro atoms. The average Bonchev–Trinajstić information content (AvgIpc) is 3.01. The summed E-state index contributed by atoms with van der Waals surface area (Å²) in [5.74, 6) is -1.44. The van der Waals surface area contributed by atoms with Gasteiger partial charge in [0.1, 0.15) is 11.6 Å². The van der Waals surface area contributed by atoms with Gasteiger partial charge in [0.25, 0.3) is 5.91 Å². The largest absolute Gasteiger partial charge is 0.358 e. The zero-order valence-corrected chi connectivity index (χ0v) is 14.6. The van der Waals surface area contributed by atoms with Crippen LogP contribution in [0.4, 0.5) is 8.78 Å². The number of aryl methyl sites for hydroxylation is 2. The van der Waals surface area contributed by atoms with Crippen molar-refractivity contribution in [3.63, 3.8) is 0 Å². The number of halogens is 2. The molecule has 4 rings (SSSR count). The third kappa shape index (κ3) is 2.98. The Morgan fingerprint density at radius 2 is 1.92 bits per heavy atom. The van der Waals surface area contributed by atoms with Crippen LogP contribution in [0.1, 0.15) is 40.0 Å². The SMILES string of the molecule is CN(Cc1ccc(F)cc1F)C(=O)c1ccc2[nH]c3c(c2c1)CCCC3. The Labute approximate surface area is 150 Å². The van der Waals surface area contributed by atoms with Gasteiger partial charge < -0.3 is 9.88 Å². The summed E-state index contributed by atoms with van der Waals surface area (Å²) >= 11 is 0. The number of nitrogens with one attached hydrogen (secondary N) is 1. The van der Waals surface area contributed by atoms with Crippen LogP contribution in [0.15, 0.2) is 36.4 Å². The van der Waals surface area contributed by atoms with Gasteiger partial charge in [-0.1, -0.05) is 6.07 Å².